The van der Waals surface area contributed by atoms with Crippen LogP contribution in [0.15, 0.2) is 17.1 Å². The van der Waals surface area contributed by atoms with Crippen molar-refractivity contribution in [3.8, 4) is 6.07 Å². The minimum atomic E-state index is -3.00. The van der Waals surface area contributed by atoms with Gasteiger partial charge in [-0.15, -0.1) is 0 Å². The van der Waals surface area contributed by atoms with E-state index in [1.165, 1.54) is 16.8 Å². The molecule has 0 aliphatic carbocycles. The number of rotatable bonds is 9. The number of hydrogen-bond acceptors (Lipinski definition) is 9. The summed E-state index contributed by atoms with van der Waals surface area (Å²) < 4.78 is 28.4. The van der Waals surface area contributed by atoms with Crippen LogP contribution in [0.3, 0.4) is 0 Å². The molecule has 0 bridgehead atoms. The number of carboxylic acid groups (broad SMARTS) is 1. The van der Waals surface area contributed by atoms with Gasteiger partial charge >= 0.3 is 28.8 Å². The predicted molar refractivity (Wildman–Crippen MR) is 151 cm³/mol. The fraction of sp³-hybridized carbons (Fsp3) is 0.731. The van der Waals surface area contributed by atoms with Crippen molar-refractivity contribution in [1.29, 1.82) is 5.26 Å². The third-order valence-corrected chi connectivity index (χ3v) is 18.0. The summed E-state index contributed by atoms with van der Waals surface area (Å²) in [7, 11) is -5.81. The zero-order valence-electron chi connectivity index (χ0n) is 24.5. The van der Waals surface area contributed by atoms with Crippen LogP contribution in [0.25, 0.3) is 0 Å². The molecule has 2 saturated heterocycles. The second-order valence-corrected chi connectivity index (χ2v) is 20.6. The number of anilines is 1. The van der Waals surface area contributed by atoms with Crippen molar-refractivity contribution in [2.45, 2.75) is 109 Å². The Balaban J connectivity index is 1.98. The summed E-state index contributed by atoms with van der Waals surface area (Å²) in [4.78, 5) is 39.7. The van der Waals surface area contributed by atoms with Crippen LogP contribution in [0.1, 0.15) is 74.5 Å². The number of carboxylic acids is 1. The highest BCUT2D eigenvalue weighted by Crippen LogP contribution is 2.49. The number of nitrogens with one attached hydrogen (secondary N) is 1. The fourth-order valence-electron chi connectivity index (χ4n) is 5.63. The number of carbonyl (C=O) groups is 2. The van der Waals surface area contributed by atoms with E-state index in [-0.39, 0.29) is 47.4 Å². The third-order valence-electron chi connectivity index (χ3n) is 7.76. The highest BCUT2D eigenvalue weighted by atomic mass is 28.5. The van der Waals surface area contributed by atoms with Crippen LogP contribution in [0, 0.1) is 17.2 Å². The van der Waals surface area contributed by atoms with Gasteiger partial charge in [-0.1, -0.05) is 55.4 Å². The molecular formula is C26H42N4O8Si2. The Morgan fingerprint density at radius 3 is 2.20 bits per heavy atom. The largest absolute Gasteiger partial charge is 0.481 e. The number of nitrogens with zero attached hydrogens (tertiary/aromatic N) is 3. The molecular weight excluding hydrogens is 552 g/mol. The lowest BCUT2D eigenvalue weighted by atomic mass is 10.0. The molecule has 3 heterocycles. The minimum absolute atomic E-state index is 0.0159. The molecule has 0 saturated carbocycles. The van der Waals surface area contributed by atoms with Crippen LogP contribution < -0.4 is 11.0 Å². The smallest absolute Gasteiger partial charge is 0.351 e. The van der Waals surface area contributed by atoms with E-state index in [0.717, 1.165) is 0 Å². The molecule has 222 valence electrons. The summed E-state index contributed by atoms with van der Waals surface area (Å²) in [6.45, 7) is 17.0. The van der Waals surface area contributed by atoms with E-state index in [4.69, 9.17) is 22.8 Å². The summed E-state index contributed by atoms with van der Waals surface area (Å²) in [5.74, 6) is -2.54. The van der Waals surface area contributed by atoms with Crippen molar-refractivity contribution >= 4 is 34.8 Å². The predicted octanol–water partition coefficient (Wildman–Crippen LogP) is 4.04. The van der Waals surface area contributed by atoms with E-state index < -0.39 is 59.0 Å². The maximum absolute atomic E-state index is 13.0. The Kier molecular flexibility index (Phi) is 10.1. The molecule has 2 aliphatic heterocycles. The molecule has 0 aromatic carbocycles. The molecule has 0 unspecified atom stereocenters. The average Bonchev–Trinajstić information content (AvgIpc) is 3.18. The molecule has 2 N–H and O–H groups in total. The van der Waals surface area contributed by atoms with Gasteiger partial charge in [0.05, 0.1) is 25.2 Å². The number of aromatic nitrogens is 2. The van der Waals surface area contributed by atoms with Crippen LogP contribution in [0.4, 0.5) is 5.82 Å². The molecule has 0 radical (unpaired) electrons. The van der Waals surface area contributed by atoms with Gasteiger partial charge in [-0.2, -0.15) is 10.2 Å². The molecule has 2 aliphatic rings. The fourth-order valence-corrected chi connectivity index (χ4v) is 16.9. The maximum atomic E-state index is 13.0. The van der Waals surface area contributed by atoms with Gasteiger partial charge in [-0.25, -0.2) is 4.79 Å². The van der Waals surface area contributed by atoms with Crippen molar-refractivity contribution in [2.24, 2.45) is 5.92 Å². The van der Waals surface area contributed by atoms with Crippen LogP contribution >= 0.6 is 0 Å². The number of ether oxygens (including phenoxy) is 1. The normalized spacial score (nSPS) is 25.9. The lowest BCUT2D eigenvalue weighted by molar-refractivity contribution is -0.138. The highest BCUT2D eigenvalue weighted by Gasteiger charge is 2.62. The molecule has 14 heteroatoms. The quantitative estimate of drug-likeness (QED) is 0.399. The molecule has 2 fully saturated rings. The van der Waals surface area contributed by atoms with Gasteiger partial charge in [0.1, 0.15) is 17.8 Å². The third kappa shape index (κ3) is 6.24. The molecule has 1 aromatic rings. The lowest BCUT2D eigenvalue weighted by Crippen LogP contribution is -2.65. The van der Waals surface area contributed by atoms with Gasteiger partial charge in [0.15, 0.2) is 6.23 Å². The van der Waals surface area contributed by atoms with E-state index in [0.29, 0.717) is 0 Å². The zero-order chi connectivity index (χ0) is 30.0. The number of fused-ring (bicyclic) bond motifs is 1. The van der Waals surface area contributed by atoms with Crippen molar-refractivity contribution in [2.75, 3.05) is 11.9 Å². The van der Waals surface area contributed by atoms with Crippen LogP contribution in [-0.2, 0) is 27.3 Å². The highest BCUT2D eigenvalue weighted by molar-refractivity contribution is 6.84. The Hall–Kier alpha value is -2.42. The van der Waals surface area contributed by atoms with Gasteiger partial charge in [0, 0.05) is 12.6 Å². The summed E-state index contributed by atoms with van der Waals surface area (Å²) >= 11 is 0. The topological polar surface area (TPSA) is 162 Å². The van der Waals surface area contributed by atoms with Crippen molar-refractivity contribution < 1.29 is 32.4 Å². The zero-order valence-corrected chi connectivity index (χ0v) is 26.5. The van der Waals surface area contributed by atoms with Crippen molar-refractivity contribution in [3.63, 3.8) is 0 Å². The van der Waals surface area contributed by atoms with Gasteiger partial charge in [-0.05, 0) is 28.2 Å². The number of carbonyl (C=O) groups excluding carboxylic acids is 1. The Bertz CT molecular complexity index is 1170. The second kappa shape index (κ2) is 12.6. The van der Waals surface area contributed by atoms with E-state index in [2.05, 4.69) is 71.8 Å². The molecule has 4 atom stereocenters. The molecule has 3 rings (SSSR count). The second-order valence-electron chi connectivity index (χ2n) is 11.7. The molecule has 0 spiro atoms. The Labute approximate surface area is 237 Å². The van der Waals surface area contributed by atoms with E-state index >= 15 is 0 Å². The number of aliphatic carboxylic acids is 1. The SMILES string of the molecule is CC(C)[Si]1(C(C)C)OC[C@H]2O[C@@H](n3ccc(NC(=O)CCC(=O)O)nc3=O)[C@@H](C#N)[C@@H]2O[Si](C(C)C)(C(C)C)O1. The van der Waals surface area contributed by atoms with Gasteiger partial charge in [-0.3, -0.25) is 14.2 Å². The van der Waals surface area contributed by atoms with E-state index in [1.807, 2.05) is 0 Å². The molecule has 12 nitrogen and oxygen atoms in total. The molecule has 40 heavy (non-hydrogen) atoms. The van der Waals surface area contributed by atoms with Gasteiger partial charge < -0.3 is 28.1 Å². The van der Waals surface area contributed by atoms with Crippen LogP contribution in [-0.4, -0.2) is 62.5 Å². The first-order valence-corrected chi connectivity index (χ1v) is 17.8. The van der Waals surface area contributed by atoms with Crippen molar-refractivity contribution in [1.82, 2.24) is 9.55 Å². The summed E-state index contributed by atoms with van der Waals surface area (Å²) in [6, 6.07) is 3.71. The number of amides is 1. The minimum Gasteiger partial charge on any atom is -0.481 e. The maximum Gasteiger partial charge on any atom is 0.351 e. The van der Waals surface area contributed by atoms with Crippen molar-refractivity contribution in [3.05, 3.63) is 22.7 Å². The van der Waals surface area contributed by atoms with Crippen LogP contribution in [0.2, 0.25) is 22.2 Å². The van der Waals surface area contributed by atoms with Crippen LogP contribution in [0.5, 0.6) is 0 Å². The van der Waals surface area contributed by atoms with E-state index in [9.17, 15) is 19.6 Å². The lowest BCUT2D eigenvalue weighted by Gasteiger charge is -2.51. The Morgan fingerprint density at radius 1 is 1.10 bits per heavy atom. The first-order chi connectivity index (χ1) is 18.7. The molecule has 1 aromatic heterocycles. The first kappa shape index (κ1) is 32.1. The monoisotopic (exact) mass is 594 g/mol. The summed E-state index contributed by atoms with van der Waals surface area (Å²) in [6.07, 6.45) is -1.45. The average molecular weight is 595 g/mol. The summed E-state index contributed by atoms with van der Waals surface area (Å²) in [5.41, 5.74) is -0.314. The number of nitriles is 1. The summed E-state index contributed by atoms with van der Waals surface area (Å²) in [5, 5.41) is 21.5. The van der Waals surface area contributed by atoms with Gasteiger partial charge in [0.25, 0.3) is 0 Å². The molecule has 1 amide bonds. The standard InChI is InChI=1S/C26H42N4O8Si2/c1-15(2)39(16(3)4)35-14-20-24(37-40(38-39,17(5)6)18(7)8)19(13-27)25(36-20)30-12-11-21(29-26(30)34)28-22(31)9-10-23(32)33/h11-12,15-20,24-25H,9-10,14H2,1-8H3,(H,32,33)(H,28,29,31,34)/t19-,20+,24-,25+/m0/s1. The first-order valence-electron chi connectivity index (χ1n) is 13.9. The Morgan fingerprint density at radius 2 is 1.70 bits per heavy atom. The number of hydrogen-bond donors (Lipinski definition) is 2. The van der Waals surface area contributed by atoms with E-state index in [1.54, 1.807) is 0 Å². The van der Waals surface area contributed by atoms with Gasteiger partial charge in [0.2, 0.25) is 5.91 Å².